The van der Waals surface area contributed by atoms with Crippen LogP contribution >= 0.6 is 0 Å². The van der Waals surface area contributed by atoms with Crippen LogP contribution in [0.4, 0.5) is 5.82 Å². The van der Waals surface area contributed by atoms with Gasteiger partial charge in [-0.2, -0.15) is 0 Å². The Bertz CT molecular complexity index is 1500. The highest BCUT2D eigenvalue weighted by molar-refractivity contribution is 6.09. The molecule has 0 saturated carbocycles. The number of allylic oxidation sites excluding steroid dienone is 3. The van der Waals surface area contributed by atoms with Crippen LogP contribution < -0.4 is 20.1 Å². The number of rotatable bonds is 7. The number of ketones is 1. The number of Topliss-reactive ketones (excluding diaryl/α,β-unsaturated/α-hetero) is 1. The van der Waals surface area contributed by atoms with Crippen LogP contribution in [0.2, 0.25) is 0 Å². The van der Waals surface area contributed by atoms with Gasteiger partial charge in [-0.05, 0) is 60.6 Å². The van der Waals surface area contributed by atoms with Crippen LogP contribution in [0.5, 0.6) is 11.5 Å². The topological polar surface area (TPSA) is 89.5 Å². The zero-order valence-electron chi connectivity index (χ0n) is 23.6. The van der Waals surface area contributed by atoms with Crippen molar-refractivity contribution in [3.8, 4) is 11.5 Å². The van der Waals surface area contributed by atoms with Crippen molar-refractivity contribution in [3.63, 3.8) is 0 Å². The molecule has 2 heterocycles. The molecule has 2 aliphatic rings. The molecule has 40 heavy (non-hydrogen) atoms. The van der Waals surface area contributed by atoms with Crippen molar-refractivity contribution in [2.45, 2.75) is 53.1 Å². The molecule has 1 aliphatic carbocycles. The Morgan fingerprint density at radius 3 is 2.52 bits per heavy atom. The minimum atomic E-state index is -0.567. The molecule has 0 radical (unpaired) electrons. The third kappa shape index (κ3) is 5.64. The normalized spacial score (nSPS) is 18.1. The van der Waals surface area contributed by atoms with Gasteiger partial charge in [0.1, 0.15) is 12.4 Å². The van der Waals surface area contributed by atoms with Crippen molar-refractivity contribution < 1.29 is 19.1 Å². The number of dihydropyridines is 1. The maximum Gasteiger partial charge on any atom is 0.255 e. The van der Waals surface area contributed by atoms with Gasteiger partial charge in [-0.3, -0.25) is 9.59 Å². The molecule has 0 fully saturated rings. The van der Waals surface area contributed by atoms with E-state index in [2.05, 4.69) is 29.5 Å². The summed E-state index contributed by atoms with van der Waals surface area (Å²) >= 11 is 0. The largest absolute Gasteiger partial charge is 0.493 e. The Balaban J connectivity index is 1.54. The van der Waals surface area contributed by atoms with Crippen molar-refractivity contribution in [2.24, 2.45) is 5.41 Å². The number of nitrogens with zero attached hydrogens (tertiary/aromatic N) is 1. The van der Waals surface area contributed by atoms with Crippen LogP contribution in [-0.4, -0.2) is 23.8 Å². The van der Waals surface area contributed by atoms with E-state index in [1.165, 1.54) is 0 Å². The number of pyridine rings is 1. The molecule has 5 rings (SSSR count). The molecule has 206 valence electrons. The van der Waals surface area contributed by atoms with Gasteiger partial charge in [-0.1, -0.05) is 56.3 Å². The molecule has 7 heteroatoms. The van der Waals surface area contributed by atoms with Crippen molar-refractivity contribution in [1.82, 2.24) is 10.3 Å². The first kappa shape index (κ1) is 27.2. The molecule has 1 unspecified atom stereocenters. The summed E-state index contributed by atoms with van der Waals surface area (Å²) in [6, 6.07) is 19.2. The van der Waals surface area contributed by atoms with Crippen LogP contribution in [-0.2, 0) is 16.2 Å². The van der Waals surface area contributed by atoms with E-state index in [4.69, 9.17) is 9.47 Å². The molecule has 1 aliphatic heterocycles. The standard InChI is InChI=1S/C33H35N3O4/c1-20-11-14-28(34-18-20)36-32(38)29-21(2)35-24-16-33(3,4)17-25(37)31(24)30(29)23-12-13-26(27(15-23)39-5)40-19-22-9-7-6-8-10-22/h6-15,18,30,35H,16-17,19H2,1-5H3,(H,34,36,38). The van der Waals surface area contributed by atoms with Gasteiger partial charge in [0.05, 0.1) is 7.11 Å². The van der Waals surface area contributed by atoms with Crippen LogP contribution in [0, 0.1) is 12.3 Å². The van der Waals surface area contributed by atoms with Gasteiger partial charge < -0.3 is 20.1 Å². The minimum absolute atomic E-state index is 0.0402. The van der Waals surface area contributed by atoms with E-state index < -0.39 is 5.92 Å². The summed E-state index contributed by atoms with van der Waals surface area (Å²) in [6.07, 6.45) is 2.83. The summed E-state index contributed by atoms with van der Waals surface area (Å²) in [5.74, 6) is 0.743. The van der Waals surface area contributed by atoms with Crippen LogP contribution in [0.1, 0.15) is 56.2 Å². The molecule has 2 aromatic carbocycles. The first-order valence-electron chi connectivity index (χ1n) is 13.5. The highest BCUT2D eigenvalue weighted by Crippen LogP contribution is 2.48. The number of hydrogen-bond donors (Lipinski definition) is 2. The molecule has 0 bridgehead atoms. The zero-order chi connectivity index (χ0) is 28.4. The number of methoxy groups -OCH3 is 1. The number of benzene rings is 2. The molecule has 1 atom stereocenters. The second-order valence-electron chi connectivity index (χ2n) is 11.3. The van der Waals surface area contributed by atoms with Crippen molar-refractivity contribution in [3.05, 3.63) is 106 Å². The van der Waals surface area contributed by atoms with Crippen LogP contribution in [0.15, 0.2) is 89.4 Å². The first-order valence-corrected chi connectivity index (χ1v) is 13.5. The Morgan fingerprint density at radius 1 is 1.05 bits per heavy atom. The lowest BCUT2D eigenvalue weighted by atomic mass is 9.68. The van der Waals surface area contributed by atoms with Gasteiger partial charge >= 0.3 is 0 Å². The molecule has 3 aromatic rings. The third-order valence-electron chi connectivity index (χ3n) is 7.40. The fourth-order valence-electron chi connectivity index (χ4n) is 5.51. The van der Waals surface area contributed by atoms with Crippen molar-refractivity contribution in [2.75, 3.05) is 12.4 Å². The molecular formula is C33H35N3O4. The van der Waals surface area contributed by atoms with E-state index in [1.807, 2.05) is 68.4 Å². The maximum absolute atomic E-state index is 13.8. The van der Waals surface area contributed by atoms with Crippen LogP contribution in [0.25, 0.3) is 0 Å². The lowest BCUT2D eigenvalue weighted by molar-refractivity contribution is -0.118. The van der Waals surface area contributed by atoms with Crippen molar-refractivity contribution in [1.29, 1.82) is 0 Å². The first-order chi connectivity index (χ1) is 19.1. The summed E-state index contributed by atoms with van der Waals surface area (Å²) < 4.78 is 11.8. The van der Waals surface area contributed by atoms with E-state index in [0.717, 1.165) is 22.4 Å². The molecule has 7 nitrogen and oxygen atoms in total. The van der Waals surface area contributed by atoms with Gasteiger partial charge in [0.25, 0.3) is 5.91 Å². The number of anilines is 1. The van der Waals surface area contributed by atoms with E-state index in [1.54, 1.807) is 19.4 Å². The number of aryl methyl sites for hydroxylation is 1. The second-order valence-corrected chi connectivity index (χ2v) is 11.3. The Morgan fingerprint density at radius 2 is 1.82 bits per heavy atom. The van der Waals surface area contributed by atoms with Gasteiger partial charge in [0.2, 0.25) is 0 Å². The quantitative estimate of drug-likeness (QED) is 0.372. The fourth-order valence-corrected chi connectivity index (χ4v) is 5.51. The number of aromatic nitrogens is 1. The van der Waals surface area contributed by atoms with E-state index >= 15 is 0 Å². The minimum Gasteiger partial charge on any atom is -0.493 e. The maximum atomic E-state index is 13.8. The lowest BCUT2D eigenvalue weighted by Gasteiger charge is -2.39. The highest BCUT2D eigenvalue weighted by atomic mass is 16.5. The monoisotopic (exact) mass is 537 g/mol. The number of ether oxygens (including phenoxy) is 2. The van der Waals surface area contributed by atoms with Crippen molar-refractivity contribution >= 4 is 17.5 Å². The molecule has 0 spiro atoms. The molecular weight excluding hydrogens is 502 g/mol. The van der Waals surface area contributed by atoms with Crippen LogP contribution in [0.3, 0.4) is 0 Å². The summed E-state index contributed by atoms with van der Waals surface area (Å²) in [5.41, 5.74) is 5.34. The predicted molar refractivity (Wildman–Crippen MR) is 155 cm³/mol. The Labute approximate surface area is 235 Å². The summed E-state index contributed by atoms with van der Waals surface area (Å²) in [6.45, 7) is 8.41. The predicted octanol–water partition coefficient (Wildman–Crippen LogP) is 6.22. The lowest BCUT2D eigenvalue weighted by Crippen LogP contribution is -2.39. The Hall–Kier alpha value is -4.39. The average molecular weight is 538 g/mol. The summed E-state index contributed by atoms with van der Waals surface area (Å²) in [7, 11) is 1.59. The SMILES string of the molecule is COc1cc(C2C(C(=O)Nc3ccc(C)cn3)=C(C)NC3=C2C(=O)CC(C)(C)C3)ccc1OCc1ccccc1. The highest BCUT2D eigenvalue weighted by Gasteiger charge is 2.43. The number of carbonyl (C=O) groups is 2. The smallest absolute Gasteiger partial charge is 0.255 e. The van der Waals surface area contributed by atoms with E-state index in [0.29, 0.717) is 53.6 Å². The van der Waals surface area contributed by atoms with Gasteiger partial charge in [-0.25, -0.2) is 4.98 Å². The zero-order valence-corrected chi connectivity index (χ0v) is 23.6. The average Bonchev–Trinajstić information content (AvgIpc) is 2.92. The van der Waals surface area contributed by atoms with E-state index in [9.17, 15) is 9.59 Å². The number of nitrogens with one attached hydrogen (secondary N) is 2. The van der Waals surface area contributed by atoms with Gasteiger partial charge in [-0.15, -0.1) is 0 Å². The third-order valence-corrected chi connectivity index (χ3v) is 7.40. The fraction of sp³-hybridized carbons (Fsp3) is 0.303. The summed E-state index contributed by atoms with van der Waals surface area (Å²) in [4.78, 5) is 31.8. The number of amides is 1. The van der Waals surface area contributed by atoms with Gasteiger partial charge in [0.15, 0.2) is 17.3 Å². The second kappa shape index (κ2) is 11.0. The summed E-state index contributed by atoms with van der Waals surface area (Å²) in [5, 5.41) is 6.35. The van der Waals surface area contributed by atoms with Gasteiger partial charge in [0, 0.05) is 41.1 Å². The molecule has 2 N–H and O–H groups in total. The molecule has 1 aromatic heterocycles. The molecule has 0 saturated heterocycles. The number of carbonyl (C=O) groups excluding carboxylic acids is 2. The van der Waals surface area contributed by atoms with E-state index in [-0.39, 0.29) is 17.1 Å². The number of hydrogen-bond acceptors (Lipinski definition) is 6. The molecule has 1 amide bonds. The Kier molecular flexibility index (Phi) is 7.48.